The first kappa shape index (κ1) is 41.0. The average Bonchev–Trinajstić information content (AvgIpc) is 3.23. The van der Waals surface area contributed by atoms with Crippen LogP contribution in [0.15, 0.2) is 36.4 Å². The van der Waals surface area contributed by atoms with Crippen LogP contribution in [-0.2, 0) is 14.4 Å². The maximum Gasteiger partial charge on any atom is 0.339 e. The van der Waals surface area contributed by atoms with E-state index < -0.39 is 72.4 Å². The Morgan fingerprint density at radius 1 is 0.769 bits per heavy atom. The van der Waals surface area contributed by atoms with Crippen LogP contribution >= 0.6 is 0 Å². The minimum Gasteiger partial charge on any atom is -0.507 e. The normalized spacial score (nSPS) is 10.3. The number of carboxylic acid groups (broad SMARTS) is 5. The Morgan fingerprint density at radius 2 is 1.28 bits per heavy atom. The van der Waals surface area contributed by atoms with Crippen molar-refractivity contribution < 1.29 is 75.9 Å². The zero-order valence-corrected chi connectivity index (χ0v) is 29.6. The number of phenols is 2. The van der Waals surface area contributed by atoms with Gasteiger partial charge in [-0.25, -0.2) is 9.59 Å². The smallest absolute Gasteiger partial charge is 0.339 e. The van der Waals surface area contributed by atoms with Gasteiger partial charge in [0.25, 0.3) is 0 Å². The summed E-state index contributed by atoms with van der Waals surface area (Å²) in [6.07, 6.45) is -2.29. The van der Waals surface area contributed by atoms with Crippen LogP contribution in [0.1, 0.15) is 33.6 Å². The molecule has 19 heteroatoms. The molecule has 0 atom stereocenters. The van der Waals surface area contributed by atoms with Gasteiger partial charge in [0, 0.05) is 52.4 Å². The molecule has 16 nitrogen and oxygen atoms in total. The molecule has 0 aromatic heterocycles. The summed E-state index contributed by atoms with van der Waals surface area (Å²) in [6, 6.07) is 8.32. The fourth-order valence-electron chi connectivity index (χ4n) is 2.34. The first-order chi connectivity index (χ1) is 16.7. The molecule has 0 spiro atoms. The molecule has 1 heterocycles. The van der Waals surface area contributed by atoms with Gasteiger partial charge in [0.1, 0.15) is 11.3 Å². The predicted molar refractivity (Wildman–Crippen MR) is 129 cm³/mol. The van der Waals surface area contributed by atoms with Crippen molar-refractivity contribution >= 4 is 106 Å². The molecule has 1 aliphatic heterocycles. The quantitative estimate of drug-likeness (QED) is 0.149. The van der Waals surface area contributed by atoms with Gasteiger partial charge in [-0.15, -0.1) is 0 Å². The molecule has 0 aliphatic carbocycles. The Labute approximate surface area is 269 Å². The summed E-state index contributed by atoms with van der Waals surface area (Å²) in [5, 5.41) is 69.1. The minimum atomic E-state index is -2.74. The van der Waals surface area contributed by atoms with Gasteiger partial charge >= 0.3 is 110 Å². The summed E-state index contributed by atoms with van der Waals surface area (Å²) in [5.41, 5.74) is -2.80. The van der Waals surface area contributed by atoms with Crippen LogP contribution < -0.4 is 5.63 Å². The molecule has 211 valence electrons. The molecule has 2 aromatic rings. The van der Waals surface area contributed by atoms with Gasteiger partial charge in [-0.05, 0) is 12.1 Å². The Hall–Kier alpha value is -2.44. The number of aromatic carboxylic acids is 2. The summed E-state index contributed by atoms with van der Waals surface area (Å²) in [6.45, 7) is 0. The zero-order chi connectivity index (χ0) is 27.6. The van der Waals surface area contributed by atoms with Crippen LogP contribution in [0.5, 0.6) is 23.0 Å². The van der Waals surface area contributed by atoms with Crippen LogP contribution in [0.2, 0.25) is 0 Å². The van der Waals surface area contributed by atoms with Crippen LogP contribution in [0.4, 0.5) is 0 Å². The Bertz CT molecular complexity index is 1150. The third-order valence-electron chi connectivity index (χ3n) is 3.97. The standard InChI is InChI=1S/C7H6O5.C7H6O3.C6H8O7.3Bi.H2O/c8-4-1-3(7(11)12)2-5(9)6(4)10;8-6-4-2-1-3-5(6)7(9)10;7-3(8)1-6(13,5(11)12)2-4(9)10;;;;/h1-2,8-10H,(H,11,12);1-4,8H,(H,9,10);13H,1-2H2,(H,7,8)(H,9,10)(H,11,12);;;;1H2/q;;;;;+2;/p-2. The van der Waals surface area contributed by atoms with Crippen molar-refractivity contribution in [3.8, 4) is 23.0 Å². The van der Waals surface area contributed by atoms with Gasteiger partial charge in [-0.3, -0.25) is 9.59 Å². The molecule has 0 saturated carbocycles. The fraction of sp³-hybridized carbons (Fsp3) is 0.150. The Balaban J connectivity index is -0.000000484. The van der Waals surface area contributed by atoms with Gasteiger partial charge in [0.2, 0.25) is 0 Å². The molecule has 3 rings (SSSR count). The Morgan fingerprint density at radius 3 is 1.67 bits per heavy atom. The first-order valence-corrected chi connectivity index (χ1v) is 12.1. The molecule has 1 aliphatic rings. The number of aromatic hydroxyl groups is 2. The number of carboxylic acids is 5. The second-order valence-electron chi connectivity index (χ2n) is 6.68. The van der Waals surface area contributed by atoms with E-state index in [2.05, 4.69) is 0 Å². The molecule has 0 amide bonds. The van der Waals surface area contributed by atoms with E-state index in [4.69, 9.17) is 41.4 Å². The molecule has 0 saturated heterocycles. The molecular weight excluding hydrogens is 1120 g/mol. The number of rotatable bonds is 7. The number of phenolic OH excluding ortho intramolecular Hbond substituents is 1. The van der Waals surface area contributed by atoms with Crippen molar-refractivity contribution in [1.82, 2.24) is 0 Å². The maximum absolute atomic E-state index is 10.6. The number of aliphatic hydroxyl groups is 1. The summed E-state index contributed by atoms with van der Waals surface area (Å²) in [7, 11) is 0. The summed E-state index contributed by atoms with van der Waals surface area (Å²) in [4.78, 5) is 51.3. The third-order valence-corrected chi connectivity index (χ3v) is 6.02. The number of carbonyl (C=O) groups is 5. The van der Waals surface area contributed by atoms with Gasteiger partial charge < -0.3 is 36.1 Å². The van der Waals surface area contributed by atoms with E-state index in [1.807, 2.05) is 0 Å². The van der Waals surface area contributed by atoms with Crippen molar-refractivity contribution in [3.63, 3.8) is 0 Å². The van der Waals surface area contributed by atoms with Crippen LogP contribution in [-0.4, -0.2) is 158 Å². The number of para-hydroxylation sites is 1. The predicted octanol–water partition coefficient (Wildman–Crippen LogP) is -1.35. The van der Waals surface area contributed by atoms with Crippen LogP contribution in [0.3, 0.4) is 0 Å². The van der Waals surface area contributed by atoms with Crippen molar-refractivity contribution in [2.24, 2.45) is 0 Å². The van der Waals surface area contributed by atoms with Crippen molar-refractivity contribution in [2.75, 3.05) is 0 Å². The zero-order valence-electron chi connectivity index (χ0n) is 19.2. The topological polar surface area (TPSA) is 297 Å². The van der Waals surface area contributed by atoms with Crippen LogP contribution in [0.25, 0.3) is 0 Å². The van der Waals surface area contributed by atoms with Gasteiger partial charge in [0.05, 0.1) is 12.8 Å². The Kier molecular flexibility index (Phi) is 19.8. The summed E-state index contributed by atoms with van der Waals surface area (Å²) < 4.78 is 10.2. The van der Waals surface area contributed by atoms with Crippen molar-refractivity contribution in [3.05, 3.63) is 47.5 Å². The van der Waals surface area contributed by atoms with Crippen molar-refractivity contribution in [2.45, 2.75) is 18.4 Å². The summed E-state index contributed by atoms with van der Waals surface area (Å²) >= 11 is -1.46. The SMILES string of the molecule is O.O=C(O)CC(O)(CC(=O)O)C(=O)O.O=C(O)c1cc(O)c2c(c1)[O][Bi][O]2.O=C(O)c1ccccc1O.[Bi].[Bi]. The molecule has 0 bridgehead atoms. The van der Waals surface area contributed by atoms with E-state index in [1.165, 1.54) is 18.2 Å². The molecule has 7 radical (unpaired) electrons. The molecule has 2 aromatic carbocycles. The molecule has 0 fully saturated rings. The minimum absolute atomic E-state index is 0. The average molecular weight is 1140 g/mol. The van der Waals surface area contributed by atoms with Gasteiger partial charge in [0.15, 0.2) is 5.60 Å². The summed E-state index contributed by atoms with van der Waals surface area (Å²) in [5.74, 6) is -6.98. The van der Waals surface area contributed by atoms with E-state index in [0.29, 0.717) is 5.75 Å². The van der Waals surface area contributed by atoms with E-state index in [0.717, 1.165) is 6.07 Å². The van der Waals surface area contributed by atoms with Gasteiger partial charge in [-0.2, -0.15) is 0 Å². The molecule has 10 N–H and O–H groups in total. The van der Waals surface area contributed by atoms with E-state index in [-0.39, 0.29) is 86.3 Å². The molecular formula is C20H20Bi3O16. The number of hydrogen-bond donors (Lipinski definition) is 8. The van der Waals surface area contributed by atoms with E-state index in [1.54, 1.807) is 12.1 Å². The fourth-order valence-corrected chi connectivity index (χ4v) is 4.32. The number of hydrogen-bond acceptors (Lipinski definition) is 10. The second kappa shape index (κ2) is 18.8. The van der Waals surface area contributed by atoms with E-state index >= 15 is 0 Å². The van der Waals surface area contributed by atoms with E-state index in [9.17, 15) is 29.1 Å². The van der Waals surface area contributed by atoms with Crippen LogP contribution in [0, 0.1) is 0 Å². The monoisotopic (exact) mass is 1140 g/mol. The van der Waals surface area contributed by atoms with Crippen molar-refractivity contribution in [1.29, 1.82) is 0 Å². The first-order valence-electron chi connectivity index (χ1n) is 9.23. The second-order valence-corrected chi connectivity index (χ2v) is 8.68. The maximum atomic E-state index is 10.6. The van der Waals surface area contributed by atoms with Gasteiger partial charge in [-0.1, -0.05) is 12.1 Å². The third kappa shape index (κ3) is 13.5. The largest absolute Gasteiger partial charge is 0.507 e. The number of aliphatic carboxylic acids is 3. The molecule has 0 unspecified atom stereocenters. The number of fused-ring (bicyclic) bond motifs is 1. The molecule has 39 heavy (non-hydrogen) atoms. The number of benzene rings is 2.